The molecule has 2 aliphatic rings. The molecule has 4 rings (SSSR count). The number of rotatable bonds is 5. The number of urea groups is 1. The Bertz CT molecular complexity index is 957. The molecule has 0 radical (unpaired) electrons. The number of nitrogens with one attached hydrogen (secondary N) is 1. The molecule has 1 unspecified atom stereocenters. The van der Waals surface area contributed by atoms with Gasteiger partial charge in [0.2, 0.25) is 0 Å². The quantitative estimate of drug-likeness (QED) is 0.762. The normalized spacial score (nSPS) is 20.9. The maximum absolute atomic E-state index is 13.2. The van der Waals surface area contributed by atoms with E-state index >= 15 is 0 Å². The van der Waals surface area contributed by atoms with E-state index < -0.39 is 11.6 Å². The summed E-state index contributed by atoms with van der Waals surface area (Å²) in [6.07, 6.45) is 0.879. The van der Waals surface area contributed by atoms with Gasteiger partial charge in [0.25, 0.3) is 5.91 Å². The van der Waals surface area contributed by atoms with Crippen LogP contribution in [-0.2, 0) is 16.9 Å². The second kappa shape index (κ2) is 7.89. The van der Waals surface area contributed by atoms with Gasteiger partial charge in [-0.1, -0.05) is 18.2 Å². The van der Waals surface area contributed by atoms with Crippen molar-refractivity contribution < 1.29 is 23.8 Å². The summed E-state index contributed by atoms with van der Waals surface area (Å²) in [6, 6.07) is 12.4. The second-order valence-corrected chi connectivity index (χ2v) is 7.97. The van der Waals surface area contributed by atoms with Crippen molar-refractivity contribution in [1.29, 1.82) is 0 Å². The summed E-state index contributed by atoms with van der Waals surface area (Å²) in [6.45, 7) is 6.96. The van der Waals surface area contributed by atoms with Crippen LogP contribution in [0.15, 0.2) is 42.5 Å². The monoisotopic (exact) mass is 410 g/mol. The van der Waals surface area contributed by atoms with E-state index in [9.17, 15) is 9.59 Å². The predicted molar refractivity (Wildman–Crippen MR) is 111 cm³/mol. The molecule has 0 aromatic heterocycles. The minimum Gasteiger partial charge on any atom is -0.491 e. The van der Waals surface area contributed by atoms with E-state index in [4.69, 9.17) is 14.2 Å². The Labute approximate surface area is 175 Å². The molecule has 158 valence electrons. The molecule has 2 heterocycles. The third kappa shape index (κ3) is 3.79. The number of benzene rings is 2. The standard InChI is InChI=1S/C23H26N2O5/c1-15(2)30-18-8-5-16(6-9-18)14-25-21(26)23(3,24-22(25)27)17-7-10-19-20(13-17)29-12-4-11-28-19/h5-10,13,15H,4,11-12,14H2,1-3H3,(H,24,27). The van der Waals surface area contributed by atoms with Crippen LogP contribution in [0.25, 0.3) is 0 Å². The molecule has 2 aromatic rings. The van der Waals surface area contributed by atoms with Gasteiger partial charge in [-0.05, 0) is 56.2 Å². The van der Waals surface area contributed by atoms with Gasteiger partial charge in [0.15, 0.2) is 11.5 Å². The summed E-state index contributed by atoms with van der Waals surface area (Å²) < 4.78 is 17.0. The number of nitrogens with zero attached hydrogens (tertiary/aromatic N) is 1. The van der Waals surface area contributed by atoms with E-state index in [1.165, 1.54) is 4.90 Å². The zero-order valence-electron chi connectivity index (χ0n) is 17.4. The van der Waals surface area contributed by atoms with Crippen molar-refractivity contribution in [2.75, 3.05) is 13.2 Å². The first-order valence-electron chi connectivity index (χ1n) is 10.2. The third-order valence-corrected chi connectivity index (χ3v) is 5.24. The number of carbonyl (C=O) groups excluding carboxylic acids is 2. The predicted octanol–water partition coefficient (Wildman–Crippen LogP) is 3.60. The van der Waals surface area contributed by atoms with Crippen LogP contribution in [-0.4, -0.2) is 36.2 Å². The number of carbonyl (C=O) groups is 2. The lowest BCUT2D eigenvalue weighted by Gasteiger charge is -2.23. The fraction of sp³-hybridized carbons (Fsp3) is 0.391. The van der Waals surface area contributed by atoms with E-state index in [0.29, 0.717) is 30.3 Å². The Kier molecular flexibility index (Phi) is 5.28. The molecular formula is C23H26N2O5. The average Bonchev–Trinajstić information content (AvgIpc) is 2.88. The van der Waals surface area contributed by atoms with Crippen LogP contribution in [0, 0.1) is 0 Å². The second-order valence-electron chi connectivity index (χ2n) is 7.97. The van der Waals surface area contributed by atoms with Crippen LogP contribution in [0.2, 0.25) is 0 Å². The maximum Gasteiger partial charge on any atom is 0.325 e. The van der Waals surface area contributed by atoms with Crippen molar-refractivity contribution in [2.45, 2.75) is 45.4 Å². The Morgan fingerprint density at radius 2 is 1.77 bits per heavy atom. The van der Waals surface area contributed by atoms with Crippen molar-refractivity contribution in [2.24, 2.45) is 0 Å². The van der Waals surface area contributed by atoms with Gasteiger partial charge >= 0.3 is 6.03 Å². The SMILES string of the molecule is CC(C)Oc1ccc(CN2C(=O)NC(C)(c3ccc4c(c3)OCCCO4)C2=O)cc1. The van der Waals surface area contributed by atoms with Gasteiger partial charge in [0.1, 0.15) is 11.3 Å². The molecule has 1 atom stereocenters. The van der Waals surface area contributed by atoms with Crippen molar-refractivity contribution in [3.63, 3.8) is 0 Å². The molecule has 30 heavy (non-hydrogen) atoms. The molecule has 1 saturated heterocycles. The Balaban J connectivity index is 1.54. The lowest BCUT2D eigenvalue weighted by Crippen LogP contribution is -2.40. The highest BCUT2D eigenvalue weighted by Gasteiger charge is 2.49. The van der Waals surface area contributed by atoms with Gasteiger partial charge in [-0.2, -0.15) is 0 Å². The lowest BCUT2D eigenvalue weighted by molar-refractivity contribution is -0.131. The molecule has 1 N–H and O–H groups in total. The van der Waals surface area contributed by atoms with Crippen LogP contribution in [0.1, 0.15) is 38.3 Å². The zero-order chi connectivity index (χ0) is 21.3. The molecule has 7 nitrogen and oxygen atoms in total. The summed E-state index contributed by atoms with van der Waals surface area (Å²) in [5.74, 6) is 1.69. The number of imide groups is 1. The molecule has 1 fully saturated rings. The summed E-state index contributed by atoms with van der Waals surface area (Å²) in [7, 11) is 0. The van der Waals surface area contributed by atoms with Crippen LogP contribution in [0.4, 0.5) is 4.79 Å². The van der Waals surface area contributed by atoms with Crippen LogP contribution in [0.3, 0.4) is 0 Å². The van der Waals surface area contributed by atoms with Crippen molar-refractivity contribution >= 4 is 11.9 Å². The molecular weight excluding hydrogens is 384 g/mol. The highest BCUT2D eigenvalue weighted by Crippen LogP contribution is 2.37. The number of hydrogen-bond donors (Lipinski definition) is 1. The molecule has 0 aliphatic carbocycles. The summed E-state index contributed by atoms with van der Waals surface area (Å²) in [4.78, 5) is 27.1. The highest BCUT2D eigenvalue weighted by molar-refractivity contribution is 6.07. The van der Waals surface area contributed by atoms with Crippen LogP contribution in [0.5, 0.6) is 17.2 Å². The summed E-state index contributed by atoms with van der Waals surface area (Å²) in [5.41, 5.74) is 0.341. The first-order chi connectivity index (χ1) is 14.4. The van der Waals surface area contributed by atoms with Crippen molar-refractivity contribution in [3.05, 3.63) is 53.6 Å². The largest absolute Gasteiger partial charge is 0.491 e. The van der Waals surface area contributed by atoms with Gasteiger partial charge < -0.3 is 19.5 Å². The lowest BCUT2D eigenvalue weighted by atomic mass is 9.91. The molecule has 2 aromatic carbocycles. The van der Waals surface area contributed by atoms with Crippen molar-refractivity contribution in [3.8, 4) is 17.2 Å². The smallest absolute Gasteiger partial charge is 0.325 e. The van der Waals surface area contributed by atoms with Crippen LogP contribution >= 0.6 is 0 Å². The third-order valence-electron chi connectivity index (χ3n) is 5.24. The van der Waals surface area contributed by atoms with Gasteiger partial charge in [-0.3, -0.25) is 9.69 Å². The molecule has 0 spiro atoms. The molecule has 2 aliphatic heterocycles. The van der Waals surface area contributed by atoms with E-state index in [2.05, 4.69) is 5.32 Å². The number of ether oxygens (including phenoxy) is 3. The molecule has 0 bridgehead atoms. The molecule has 7 heteroatoms. The minimum atomic E-state index is -1.16. The topological polar surface area (TPSA) is 77.1 Å². The Hall–Kier alpha value is -3.22. The number of amides is 3. The molecule has 3 amide bonds. The van der Waals surface area contributed by atoms with E-state index in [1.54, 1.807) is 25.1 Å². The van der Waals surface area contributed by atoms with E-state index in [1.807, 2.05) is 38.1 Å². The average molecular weight is 410 g/mol. The first-order valence-corrected chi connectivity index (χ1v) is 10.2. The van der Waals surface area contributed by atoms with E-state index in [-0.39, 0.29) is 18.6 Å². The van der Waals surface area contributed by atoms with E-state index in [0.717, 1.165) is 17.7 Å². The van der Waals surface area contributed by atoms with Gasteiger partial charge in [-0.25, -0.2) is 4.79 Å². The van der Waals surface area contributed by atoms with Gasteiger partial charge in [0, 0.05) is 6.42 Å². The maximum atomic E-state index is 13.2. The summed E-state index contributed by atoms with van der Waals surface area (Å²) in [5, 5.41) is 2.84. The van der Waals surface area contributed by atoms with Gasteiger partial charge in [-0.15, -0.1) is 0 Å². The summed E-state index contributed by atoms with van der Waals surface area (Å²) >= 11 is 0. The first kappa shape index (κ1) is 20.1. The fourth-order valence-electron chi connectivity index (χ4n) is 3.64. The minimum absolute atomic E-state index is 0.0813. The fourth-order valence-corrected chi connectivity index (χ4v) is 3.64. The Morgan fingerprint density at radius 1 is 1.07 bits per heavy atom. The van der Waals surface area contributed by atoms with Crippen molar-refractivity contribution in [1.82, 2.24) is 10.2 Å². The number of hydrogen-bond acceptors (Lipinski definition) is 5. The number of fused-ring (bicyclic) bond motifs is 1. The Morgan fingerprint density at radius 3 is 2.47 bits per heavy atom. The highest BCUT2D eigenvalue weighted by atomic mass is 16.5. The van der Waals surface area contributed by atoms with Gasteiger partial charge in [0.05, 0.1) is 25.9 Å². The zero-order valence-corrected chi connectivity index (χ0v) is 17.4. The van der Waals surface area contributed by atoms with Crippen LogP contribution < -0.4 is 19.5 Å². The molecule has 0 saturated carbocycles.